The molecule has 1 aliphatic rings. The molecule has 0 unspecified atom stereocenters. The molecule has 1 heterocycles. The van der Waals surface area contributed by atoms with Gasteiger partial charge in [0, 0.05) is 24.7 Å². The molecule has 5 nitrogen and oxygen atoms in total. The highest BCUT2D eigenvalue weighted by atomic mass is 35.5. The first-order valence-corrected chi connectivity index (χ1v) is 10.4. The summed E-state index contributed by atoms with van der Waals surface area (Å²) in [6.45, 7) is 1.68. The molecule has 0 atom stereocenters. The molecule has 1 amide bonds. The molecule has 1 aliphatic heterocycles. The average Bonchev–Trinajstić information content (AvgIpc) is 2.59. The van der Waals surface area contributed by atoms with Gasteiger partial charge in [0.25, 0.3) is 0 Å². The lowest BCUT2D eigenvalue weighted by atomic mass is 9.93. The highest BCUT2D eigenvalue weighted by Gasteiger charge is 2.29. The van der Waals surface area contributed by atoms with Gasteiger partial charge in [0.05, 0.1) is 4.90 Å². The molecule has 0 aliphatic carbocycles. The molecular weight excluding hydrogens is 371 g/mol. The summed E-state index contributed by atoms with van der Waals surface area (Å²) in [6.07, 6.45) is 3.56. The molecule has 134 valence electrons. The van der Waals surface area contributed by atoms with E-state index in [1.807, 2.05) is 0 Å². The van der Waals surface area contributed by atoms with Crippen LogP contribution in [0.3, 0.4) is 0 Å². The van der Waals surface area contributed by atoms with Gasteiger partial charge in [-0.15, -0.1) is 11.6 Å². The van der Waals surface area contributed by atoms with E-state index >= 15 is 0 Å². The summed E-state index contributed by atoms with van der Waals surface area (Å²) in [5.41, 5.74) is 0. The Kier molecular flexibility index (Phi) is 7.34. The van der Waals surface area contributed by atoms with Gasteiger partial charge in [0.2, 0.25) is 15.9 Å². The van der Waals surface area contributed by atoms with E-state index in [1.54, 1.807) is 28.6 Å². The number of nitrogens with zero attached hydrogens (tertiary/aromatic N) is 1. The number of alkyl halides is 1. The molecule has 24 heavy (non-hydrogen) atoms. The highest BCUT2D eigenvalue weighted by molar-refractivity contribution is 7.89. The number of halogens is 2. The minimum atomic E-state index is -3.44. The second-order valence-corrected chi connectivity index (χ2v) is 8.57. The molecule has 1 N–H and O–H groups in total. The van der Waals surface area contributed by atoms with Crippen LogP contribution in [0.1, 0.15) is 25.7 Å². The van der Waals surface area contributed by atoms with Crippen LogP contribution in [0.4, 0.5) is 0 Å². The van der Waals surface area contributed by atoms with Crippen LogP contribution in [-0.4, -0.2) is 44.1 Å². The molecule has 1 saturated heterocycles. The average molecular weight is 393 g/mol. The van der Waals surface area contributed by atoms with Crippen LogP contribution in [0.15, 0.2) is 29.2 Å². The third kappa shape index (κ3) is 5.34. The van der Waals surface area contributed by atoms with Gasteiger partial charge in [-0.2, -0.15) is 4.31 Å². The normalized spacial score (nSPS) is 16.9. The fourth-order valence-electron chi connectivity index (χ4n) is 2.86. The zero-order valence-electron chi connectivity index (χ0n) is 13.4. The minimum Gasteiger partial charge on any atom is -0.355 e. The first-order chi connectivity index (χ1) is 11.4. The highest BCUT2D eigenvalue weighted by Crippen LogP contribution is 2.26. The molecule has 1 aromatic carbocycles. The van der Waals surface area contributed by atoms with Gasteiger partial charge in [0.1, 0.15) is 5.88 Å². The molecule has 0 bridgehead atoms. The fourth-order valence-corrected chi connectivity index (χ4v) is 4.55. The van der Waals surface area contributed by atoms with Gasteiger partial charge in [-0.25, -0.2) is 8.42 Å². The lowest BCUT2D eigenvalue weighted by Gasteiger charge is -2.31. The number of hydrogen-bond donors (Lipinski definition) is 1. The lowest BCUT2D eigenvalue weighted by Crippen LogP contribution is -2.38. The molecule has 1 aromatic rings. The molecule has 0 spiro atoms. The van der Waals surface area contributed by atoms with E-state index in [0.717, 1.165) is 25.7 Å². The molecule has 8 heteroatoms. The zero-order chi connectivity index (χ0) is 17.6. The van der Waals surface area contributed by atoms with Crippen molar-refractivity contribution >= 4 is 39.1 Å². The molecule has 0 aromatic heterocycles. The number of piperidine rings is 1. The number of hydrogen-bond acceptors (Lipinski definition) is 3. The predicted molar refractivity (Wildman–Crippen MR) is 95.9 cm³/mol. The Hall–Kier alpha value is -0.820. The Balaban J connectivity index is 1.79. The van der Waals surface area contributed by atoms with Crippen LogP contribution in [0.25, 0.3) is 0 Å². The molecule has 2 rings (SSSR count). The van der Waals surface area contributed by atoms with Gasteiger partial charge in [-0.1, -0.05) is 11.6 Å². The summed E-state index contributed by atoms with van der Waals surface area (Å²) in [6, 6.07) is 6.28. The number of carbonyl (C=O) groups is 1. The van der Waals surface area contributed by atoms with Crippen LogP contribution in [0.5, 0.6) is 0 Å². The van der Waals surface area contributed by atoms with Crippen molar-refractivity contribution in [1.82, 2.24) is 9.62 Å². The summed E-state index contributed by atoms with van der Waals surface area (Å²) in [5, 5.41) is 3.27. The molecule has 0 saturated carbocycles. The monoisotopic (exact) mass is 392 g/mol. The van der Waals surface area contributed by atoms with E-state index < -0.39 is 10.0 Å². The Morgan fingerprint density at radius 1 is 1.21 bits per heavy atom. The number of carbonyl (C=O) groups excluding carboxylic acids is 1. The fraction of sp³-hybridized carbons (Fsp3) is 0.562. The van der Waals surface area contributed by atoms with Crippen molar-refractivity contribution in [2.75, 3.05) is 25.5 Å². The molecular formula is C16H22Cl2N2O3S. The SMILES string of the molecule is O=C(CCl)NCCCC1CCN(S(=O)(=O)c2ccc(Cl)cc2)CC1. The second kappa shape index (κ2) is 9.04. The third-order valence-corrected chi connectivity index (χ3v) is 6.67. The van der Waals surface area contributed by atoms with Crippen LogP contribution < -0.4 is 5.32 Å². The summed E-state index contributed by atoms with van der Waals surface area (Å²) >= 11 is 11.2. The van der Waals surface area contributed by atoms with Crippen LogP contribution in [0.2, 0.25) is 5.02 Å². The predicted octanol–water partition coefficient (Wildman–Crippen LogP) is 2.88. The smallest absolute Gasteiger partial charge is 0.243 e. The van der Waals surface area contributed by atoms with Gasteiger partial charge in [-0.05, 0) is 55.9 Å². The Labute approximate surface area is 153 Å². The Morgan fingerprint density at radius 2 is 1.83 bits per heavy atom. The summed E-state index contributed by atoms with van der Waals surface area (Å²) < 4.78 is 26.7. The maximum absolute atomic E-state index is 12.6. The van der Waals surface area contributed by atoms with Crippen molar-refractivity contribution in [3.05, 3.63) is 29.3 Å². The van der Waals surface area contributed by atoms with Crippen molar-refractivity contribution in [2.45, 2.75) is 30.6 Å². The standard InChI is InChI=1S/C16H22Cl2N2O3S/c17-12-16(21)19-9-1-2-13-7-10-20(11-8-13)24(22,23)15-5-3-14(18)4-6-15/h3-6,13H,1-2,7-12H2,(H,19,21). The van der Waals surface area contributed by atoms with E-state index in [-0.39, 0.29) is 16.7 Å². The zero-order valence-corrected chi connectivity index (χ0v) is 15.7. The molecule has 1 fully saturated rings. The quantitative estimate of drug-likeness (QED) is 0.572. The van der Waals surface area contributed by atoms with E-state index in [2.05, 4.69) is 5.32 Å². The number of amides is 1. The summed E-state index contributed by atoms with van der Waals surface area (Å²) in [4.78, 5) is 11.3. The van der Waals surface area contributed by atoms with Crippen LogP contribution >= 0.6 is 23.2 Å². The lowest BCUT2D eigenvalue weighted by molar-refractivity contribution is -0.118. The summed E-state index contributed by atoms with van der Waals surface area (Å²) in [7, 11) is -3.44. The van der Waals surface area contributed by atoms with Crippen molar-refractivity contribution in [3.63, 3.8) is 0 Å². The van der Waals surface area contributed by atoms with Crippen molar-refractivity contribution in [2.24, 2.45) is 5.92 Å². The van der Waals surface area contributed by atoms with E-state index in [0.29, 0.717) is 30.6 Å². The first-order valence-electron chi connectivity index (χ1n) is 8.02. The van der Waals surface area contributed by atoms with E-state index in [4.69, 9.17) is 23.2 Å². The van der Waals surface area contributed by atoms with Crippen molar-refractivity contribution in [3.8, 4) is 0 Å². The maximum Gasteiger partial charge on any atom is 0.243 e. The van der Waals surface area contributed by atoms with E-state index in [1.165, 1.54) is 0 Å². The number of sulfonamides is 1. The number of benzene rings is 1. The van der Waals surface area contributed by atoms with Crippen LogP contribution in [-0.2, 0) is 14.8 Å². The summed E-state index contributed by atoms with van der Waals surface area (Å²) in [5.74, 6) is 0.330. The Morgan fingerprint density at radius 3 is 2.42 bits per heavy atom. The second-order valence-electron chi connectivity index (χ2n) is 5.93. The molecule has 0 radical (unpaired) electrons. The van der Waals surface area contributed by atoms with Crippen LogP contribution in [0, 0.1) is 5.92 Å². The van der Waals surface area contributed by atoms with Crippen molar-refractivity contribution in [1.29, 1.82) is 0 Å². The maximum atomic E-state index is 12.6. The van der Waals surface area contributed by atoms with Gasteiger partial charge >= 0.3 is 0 Å². The van der Waals surface area contributed by atoms with Gasteiger partial charge in [0.15, 0.2) is 0 Å². The number of rotatable bonds is 7. The van der Waals surface area contributed by atoms with Gasteiger partial charge in [-0.3, -0.25) is 4.79 Å². The third-order valence-electron chi connectivity index (χ3n) is 4.26. The topological polar surface area (TPSA) is 66.5 Å². The van der Waals surface area contributed by atoms with Gasteiger partial charge < -0.3 is 5.32 Å². The van der Waals surface area contributed by atoms with Crippen molar-refractivity contribution < 1.29 is 13.2 Å². The largest absolute Gasteiger partial charge is 0.355 e. The first kappa shape index (κ1) is 19.5. The van der Waals surface area contributed by atoms with E-state index in [9.17, 15) is 13.2 Å². The number of nitrogens with one attached hydrogen (secondary N) is 1. The minimum absolute atomic E-state index is 0.0130. The Bertz CT molecular complexity index is 642.